The van der Waals surface area contributed by atoms with Gasteiger partial charge < -0.3 is 4.74 Å². The number of rotatable bonds is 4. The summed E-state index contributed by atoms with van der Waals surface area (Å²) in [5.41, 5.74) is -0.580. The molecule has 11 heavy (non-hydrogen) atoms. The van der Waals surface area contributed by atoms with E-state index in [2.05, 4.69) is 19.9 Å². The van der Waals surface area contributed by atoms with Gasteiger partial charge in [-0.2, -0.15) is 5.26 Å². The lowest BCUT2D eigenvalue weighted by Gasteiger charge is -2.23. The molecule has 64 valence electrons. The van der Waals surface area contributed by atoms with Crippen LogP contribution in [0, 0.1) is 17.2 Å². The molecule has 0 radical (unpaired) electrons. The van der Waals surface area contributed by atoms with Crippen molar-refractivity contribution >= 4 is 0 Å². The topological polar surface area (TPSA) is 33.0 Å². The van der Waals surface area contributed by atoms with Crippen LogP contribution in [0.25, 0.3) is 0 Å². The van der Waals surface area contributed by atoms with Gasteiger partial charge in [-0.25, -0.2) is 0 Å². The van der Waals surface area contributed by atoms with Crippen LogP contribution in [0.15, 0.2) is 0 Å². The third-order valence-electron chi connectivity index (χ3n) is 1.50. The highest BCUT2D eigenvalue weighted by atomic mass is 16.5. The first kappa shape index (κ1) is 10.4. The minimum absolute atomic E-state index is 0.506. The zero-order chi connectivity index (χ0) is 8.91. The van der Waals surface area contributed by atoms with E-state index in [1.807, 2.05) is 13.8 Å². The second-order valence-electron chi connectivity index (χ2n) is 3.37. The van der Waals surface area contributed by atoms with Crippen LogP contribution in [0.2, 0.25) is 0 Å². The fourth-order valence-electron chi connectivity index (χ4n) is 1.23. The van der Waals surface area contributed by atoms with Gasteiger partial charge in [0.1, 0.15) is 0 Å². The van der Waals surface area contributed by atoms with Crippen molar-refractivity contribution in [1.29, 1.82) is 5.26 Å². The quantitative estimate of drug-likeness (QED) is 0.624. The molecular weight excluding hydrogens is 138 g/mol. The normalized spacial score (nSPS) is 16.0. The molecular formula is C9H17NO. The van der Waals surface area contributed by atoms with Crippen LogP contribution in [0.3, 0.4) is 0 Å². The first-order chi connectivity index (χ1) is 5.04. The molecule has 0 aliphatic rings. The van der Waals surface area contributed by atoms with Crippen LogP contribution in [-0.2, 0) is 4.74 Å². The van der Waals surface area contributed by atoms with E-state index in [1.165, 1.54) is 0 Å². The molecule has 0 aliphatic heterocycles. The van der Waals surface area contributed by atoms with E-state index in [0.29, 0.717) is 12.5 Å². The van der Waals surface area contributed by atoms with Crippen molar-refractivity contribution < 1.29 is 4.74 Å². The lowest BCUT2D eigenvalue weighted by molar-refractivity contribution is 0.00500. The smallest absolute Gasteiger partial charge is 0.151 e. The van der Waals surface area contributed by atoms with Crippen molar-refractivity contribution in [3.8, 4) is 6.07 Å². The van der Waals surface area contributed by atoms with E-state index in [0.717, 1.165) is 6.42 Å². The Morgan fingerprint density at radius 2 is 2.09 bits per heavy atom. The highest BCUT2D eigenvalue weighted by Crippen LogP contribution is 2.19. The van der Waals surface area contributed by atoms with Crippen molar-refractivity contribution in [3.05, 3.63) is 0 Å². The van der Waals surface area contributed by atoms with Gasteiger partial charge >= 0.3 is 0 Å². The van der Waals surface area contributed by atoms with E-state index < -0.39 is 5.60 Å². The fraction of sp³-hybridized carbons (Fsp3) is 0.889. The third kappa shape index (κ3) is 4.00. The van der Waals surface area contributed by atoms with Gasteiger partial charge in [0.05, 0.1) is 6.07 Å². The van der Waals surface area contributed by atoms with Gasteiger partial charge in [-0.1, -0.05) is 13.8 Å². The van der Waals surface area contributed by atoms with Crippen LogP contribution in [0.4, 0.5) is 0 Å². The van der Waals surface area contributed by atoms with Crippen LogP contribution >= 0.6 is 0 Å². The fourth-order valence-corrected chi connectivity index (χ4v) is 1.23. The summed E-state index contributed by atoms with van der Waals surface area (Å²) < 4.78 is 5.33. The van der Waals surface area contributed by atoms with Crippen molar-refractivity contribution in [2.45, 2.75) is 39.7 Å². The van der Waals surface area contributed by atoms with Crippen molar-refractivity contribution in [2.24, 2.45) is 5.92 Å². The molecule has 0 saturated heterocycles. The third-order valence-corrected chi connectivity index (χ3v) is 1.50. The Labute approximate surface area is 69.2 Å². The average Bonchev–Trinajstić information content (AvgIpc) is 1.87. The molecule has 2 heteroatoms. The Bertz CT molecular complexity index is 148. The van der Waals surface area contributed by atoms with Crippen LogP contribution < -0.4 is 0 Å². The number of hydrogen-bond donors (Lipinski definition) is 0. The Balaban J connectivity index is 4.02. The maximum absolute atomic E-state index is 8.79. The highest BCUT2D eigenvalue weighted by molar-refractivity contribution is 4.98. The first-order valence-electron chi connectivity index (χ1n) is 4.09. The van der Waals surface area contributed by atoms with E-state index in [9.17, 15) is 0 Å². The molecule has 0 rings (SSSR count). The molecule has 0 amide bonds. The molecule has 0 fully saturated rings. The van der Waals surface area contributed by atoms with Crippen LogP contribution in [0.1, 0.15) is 34.1 Å². The molecule has 2 nitrogen and oxygen atoms in total. The summed E-state index contributed by atoms with van der Waals surface area (Å²) in [6.07, 6.45) is 0.803. The van der Waals surface area contributed by atoms with Crippen LogP contribution in [0.5, 0.6) is 0 Å². The molecule has 0 spiro atoms. The van der Waals surface area contributed by atoms with Crippen molar-refractivity contribution in [2.75, 3.05) is 6.61 Å². The molecule has 1 unspecified atom stereocenters. The van der Waals surface area contributed by atoms with E-state index >= 15 is 0 Å². The molecule has 0 heterocycles. The minimum Gasteiger partial charge on any atom is -0.361 e. The summed E-state index contributed by atoms with van der Waals surface area (Å²) in [5.74, 6) is 0.506. The van der Waals surface area contributed by atoms with Gasteiger partial charge in [-0.15, -0.1) is 0 Å². The highest BCUT2D eigenvalue weighted by Gasteiger charge is 2.24. The summed E-state index contributed by atoms with van der Waals surface area (Å²) in [4.78, 5) is 0. The second kappa shape index (κ2) is 4.35. The summed E-state index contributed by atoms with van der Waals surface area (Å²) in [6, 6.07) is 2.19. The maximum Gasteiger partial charge on any atom is 0.151 e. The van der Waals surface area contributed by atoms with Gasteiger partial charge in [0, 0.05) is 6.61 Å². The summed E-state index contributed by atoms with van der Waals surface area (Å²) in [7, 11) is 0. The lowest BCUT2D eigenvalue weighted by Crippen LogP contribution is -2.28. The molecule has 0 aromatic carbocycles. The monoisotopic (exact) mass is 155 g/mol. The Hall–Kier alpha value is -0.550. The number of hydrogen-bond acceptors (Lipinski definition) is 2. The zero-order valence-electron chi connectivity index (χ0n) is 7.85. The summed E-state index contributed by atoms with van der Waals surface area (Å²) in [6.45, 7) is 8.55. The standard InChI is InChI=1S/C9H17NO/c1-5-11-9(4,7-10)6-8(2)3/h8H,5-6H2,1-4H3. The molecule has 0 aromatic rings. The van der Waals surface area contributed by atoms with Crippen LogP contribution in [-0.4, -0.2) is 12.2 Å². The molecule has 1 atom stereocenters. The minimum atomic E-state index is -0.580. The van der Waals surface area contributed by atoms with Gasteiger partial charge in [0.15, 0.2) is 5.60 Å². The van der Waals surface area contributed by atoms with E-state index in [-0.39, 0.29) is 0 Å². The molecule has 0 aliphatic carbocycles. The summed E-state index contributed by atoms with van der Waals surface area (Å²) in [5, 5.41) is 8.79. The lowest BCUT2D eigenvalue weighted by atomic mass is 9.95. The van der Waals surface area contributed by atoms with Gasteiger partial charge in [0.2, 0.25) is 0 Å². The van der Waals surface area contributed by atoms with E-state index in [1.54, 1.807) is 0 Å². The Morgan fingerprint density at radius 3 is 2.36 bits per heavy atom. The zero-order valence-corrected chi connectivity index (χ0v) is 7.85. The number of nitriles is 1. The predicted octanol–water partition coefficient (Wildman–Crippen LogP) is 2.35. The maximum atomic E-state index is 8.79. The SMILES string of the molecule is CCOC(C)(C#N)CC(C)C. The van der Waals surface area contributed by atoms with Gasteiger partial charge in [0.25, 0.3) is 0 Å². The number of ether oxygens (including phenoxy) is 1. The first-order valence-corrected chi connectivity index (χ1v) is 4.09. The molecule has 0 N–H and O–H groups in total. The van der Waals surface area contributed by atoms with E-state index in [4.69, 9.17) is 10.00 Å². The van der Waals surface area contributed by atoms with Gasteiger partial charge in [-0.05, 0) is 26.2 Å². The summed E-state index contributed by atoms with van der Waals surface area (Å²) >= 11 is 0. The second-order valence-corrected chi connectivity index (χ2v) is 3.37. The largest absolute Gasteiger partial charge is 0.361 e. The molecule has 0 bridgehead atoms. The Morgan fingerprint density at radius 1 is 1.55 bits per heavy atom. The van der Waals surface area contributed by atoms with Gasteiger partial charge in [-0.3, -0.25) is 0 Å². The van der Waals surface area contributed by atoms with Crippen molar-refractivity contribution in [1.82, 2.24) is 0 Å². The number of nitrogens with zero attached hydrogens (tertiary/aromatic N) is 1. The predicted molar refractivity (Wildman–Crippen MR) is 45.1 cm³/mol. The Kier molecular flexibility index (Phi) is 4.14. The van der Waals surface area contributed by atoms with Crippen molar-refractivity contribution in [3.63, 3.8) is 0 Å². The molecule has 0 aromatic heterocycles. The molecule has 0 saturated carbocycles. The average molecular weight is 155 g/mol.